The minimum Gasteiger partial charge on any atom is -0.497 e. The predicted octanol–water partition coefficient (Wildman–Crippen LogP) is 6.01. The van der Waals surface area contributed by atoms with Gasteiger partial charge in [-0.1, -0.05) is 25.0 Å². The lowest BCUT2D eigenvalue weighted by Crippen LogP contribution is -1.96. The number of carboxylic acids is 1. The molecule has 2 N–H and O–H groups in total. The number of hydrogen-bond donors (Lipinski definition) is 2. The number of aryl methyl sites for hydroxylation is 3. The van der Waals surface area contributed by atoms with E-state index in [0.717, 1.165) is 54.7 Å². The van der Waals surface area contributed by atoms with Crippen LogP contribution < -0.4 is 9.46 Å². The predicted molar refractivity (Wildman–Crippen MR) is 113 cm³/mol. The minimum atomic E-state index is -0.699. The third-order valence-electron chi connectivity index (χ3n) is 4.52. The van der Waals surface area contributed by atoms with Gasteiger partial charge in [0.15, 0.2) is 0 Å². The molecule has 0 spiro atoms. The molecule has 0 bridgehead atoms. The fourth-order valence-electron chi connectivity index (χ4n) is 3.04. The highest BCUT2D eigenvalue weighted by atomic mass is 32.2. The number of ether oxygens (including phenoxy) is 1. The normalized spacial score (nSPS) is 10.6. The second-order valence-electron chi connectivity index (χ2n) is 6.80. The second-order valence-corrected chi connectivity index (χ2v) is 7.68. The number of nitrogens with one attached hydrogen (secondary N) is 1. The molecule has 0 saturated carbocycles. The van der Waals surface area contributed by atoms with Crippen LogP contribution in [0, 0.1) is 13.8 Å². The van der Waals surface area contributed by atoms with Crippen molar-refractivity contribution < 1.29 is 14.6 Å². The highest BCUT2D eigenvalue weighted by Gasteiger charge is 2.06. The van der Waals surface area contributed by atoms with E-state index < -0.39 is 5.97 Å². The van der Waals surface area contributed by atoms with E-state index in [1.807, 2.05) is 12.1 Å². The first kappa shape index (κ1) is 21.2. The lowest BCUT2D eigenvalue weighted by Gasteiger charge is -2.14. The van der Waals surface area contributed by atoms with Gasteiger partial charge < -0.3 is 14.6 Å². The van der Waals surface area contributed by atoms with Gasteiger partial charge in [0, 0.05) is 11.3 Å². The van der Waals surface area contributed by atoms with E-state index >= 15 is 0 Å². The zero-order chi connectivity index (χ0) is 19.6. The van der Waals surface area contributed by atoms with Crippen molar-refractivity contribution in [1.29, 1.82) is 0 Å². The van der Waals surface area contributed by atoms with Gasteiger partial charge in [0.2, 0.25) is 0 Å². The van der Waals surface area contributed by atoms with Crippen molar-refractivity contribution in [2.45, 2.75) is 57.3 Å². The summed E-state index contributed by atoms with van der Waals surface area (Å²) in [6.07, 6.45) is 5.24. The first-order chi connectivity index (χ1) is 13.0. The molecule has 4 nitrogen and oxygen atoms in total. The average molecular weight is 388 g/mol. The Labute approximate surface area is 166 Å². The van der Waals surface area contributed by atoms with Crippen LogP contribution in [0.2, 0.25) is 0 Å². The van der Waals surface area contributed by atoms with Crippen molar-refractivity contribution in [3.63, 3.8) is 0 Å². The van der Waals surface area contributed by atoms with E-state index in [9.17, 15) is 4.79 Å². The van der Waals surface area contributed by atoms with E-state index in [0.29, 0.717) is 0 Å². The molecule has 146 valence electrons. The van der Waals surface area contributed by atoms with Gasteiger partial charge in [0.05, 0.1) is 12.8 Å². The summed E-state index contributed by atoms with van der Waals surface area (Å²) < 4.78 is 8.80. The lowest BCUT2D eigenvalue weighted by molar-refractivity contribution is -0.137. The Kier molecular flexibility index (Phi) is 8.52. The highest BCUT2D eigenvalue weighted by molar-refractivity contribution is 8.00. The molecule has 0 aliphatic carbocycles. The van der Waals surface area contributed by atoms with Crippen LogP contribution in [0.3, 0.4) is 0 Å². The Morgan fingerprint density at radius 3 is 2.44 bits per heavy atom. The Morgan fingerprint density at radius 2 is 1.78 bits per heavy atom. The highest BCUT2D eigenvalue weighted by Crippen LogP contribution is 2.30. The van der Waals surface area contributed by atoms with E-state index in [4.69, 9.17) is 9.84 Å². The summed E-state index contributed by atoms with van der Waals surface area (Å²) >= 11 is 1.62. The average Bonchev–Trinajstić information content (AvgIpc) is 2.63. The van der Waals surface area contributed by atoms with E-state index in [-0.39, 0.29) is 6.42 Å². The van der Waals surface area contributed by atoms with Crippen molar-refractivity contribution in [2.75, 3.05) is 11.8 Å². The van der Waals surface area contributed by atoms with E-state index in [2.05, 4.69) is 42.8 Å². The smallest absolute Gasteiger partial charge is 0.303 e. The largest absolute Gasteiger partial charge is 0.497 e. The number of anilines is 1. The van der Waals surface area contributed by atoms with Gasteiger partial charge in [0.1, 0.15) is 5.75 Å². The number of aliphatic carboxylic acids is 1. The van der Waals surface area contributed by atoms with Crippen LogP contribution in [-0.4, -0.2) is 18.2 Å². The summed E-state index contributed by atoms with van der Waals surface area (Å²) in [7, 11) is 1.69. The van der Waals surface area contributed by atoms with Gasteiger partial charge in [-0.2, -0.15) is 0 Å². The van der Waals surface area contributed by atoms with Gasteiger partial charge in [-0.3, -0.25) is 4.79 Å². The lowest BCUT2D eigenvalue weighted by atomic mass is 10.1. The van der Waals surface area contributed by atoms with Crippen LogP contribution in [0.1, 0.15) is 48.8 Å². The van der Waals surface area contributed by atoms with Crippen molar-refractivity contribution in [1.82, 2.24) is 0 Å². The zero-order valence-corrected chi connectivity index (χ0v) is 17.2. The number of unbranched alkanes of at least 4 members (excludes halogenated alkanes) is 3. The van der Waals surface area contributed by atoms with Crippen molar-refractivity contribution in [3.05, 3.63) is 53.1 Å². The number of rotatable bonds is 11. The molecule has 0 aliphatic rings. The molecule has 0 amide bonds. The van der Waals surface area contributed by atoms with Crippen molar-refractivity contribution in [2.24, 2.45) is 0 Å². The van der Waals surface area contributed by atoms with Crippen molar-refractivity contribution >= 4 is 23.6 Å². The zero-order valence-electron chi connectivity index (χ0n) is 16.4. The maximum atomic E-state index is 10.5. The first-order valence-electron chi connectivity index (χ1n) is 9.38. The van der Waals surface area contributed by atoms with Crippen LogP contribution in [0.25, 0.3) is 0 Å². The molecule has 0 fully saturated rings. The molecule has 0 radical (unpaired) electrons. The van der Waals surface area contributed by atoms with Crippen LogP contribution >= 0.6 is 11.9 Å². The molecule has 0 unspecified atom stereocenters. The summed E-state index contributed by atoms with van der Waals surface area (Å²) in [5, 5.41) is 8.66. The molecule has 0 heterocycles. The van der Waals surface area contributed by atoms with Gasteiger partial charge >= 0.3 is 5.97 Å². The number of benzene rings is 2. The Balaban J connectivity index is 1.84. The standard InChI is InChI=1S/C22H29NO3S/c1-16-13-19(26-3)14-17(2)22(16)23-27-20-11-8-10-18(15-20)9-6-4-5-7-12-21(24)25/h8,10-11,13-15,23H,4-7,9,12H2,1-3H3,(H,24,25). The number of hydrogen-bond acceptors (Lipinski definition) is 4. The molecule has 2 rings (SSSR count). The fraction of sp³-hybridized carbons (Fsp3) is 0.409. The Morgan fingerprint density at radius 1 is 1.07 bits per heavy atom. The van der Waals surface area contributed by atoms with Crippen LogP contribution in [0.15, 0.2) is 41.3 Å². The second kappa shape index (κ2) is 10.9. The summed E-state index contributed by atoms with van der Waals surface area (Å²) in [5.41, 5.74) is 4.78. The third kappa shape index (κ3) is 7.18. The summed E-state index contributed by atoms with van der Waals surface area (Å²) in [6.45, 7) is 4.17. The monoisotopic (exact) mass is 387 g/mol. The minimum absolute atomic E-state index is 0.280. The number of carboxylic acid groups (broad SMARTS) is 1. The topological polar surface area (TPSA) is 58.6 Å². The van der Waals surface area contributed by atoms with Gasteiger partial charge in [-0.05, 0) is 86.0 Å². The van der Waals surface area contributed by atoms with Gasteiger partial charge in [0.25, 0.3) is 0 Å². The summed E-state index contributed by atoms with van der Waals surface area (Å²) in [5.74, 6) is 0.181. The molecule has 0 atom stereocenters. The molecule has 0 aromatic heterocycles. The fourth-order valence-corrected chi connectivity index (χ4v) is 3.93. The van der Waals surface area contributed by atoms with Gasteiger partial charge in [-0.25, -0.2) is 0 Å². The van der Waals surface area contributed by atoms with Crippen LogP contribution in [0.5, 0.6) is 5.75 Å². The molecular formula is C22H29NO3S. The molecule has 2 aromatic rings. The maximum absolute atomic E-state index is 10.5. The molecule has 0 aliphatic heterocycles. The summed E-state index contributed by atoms with van der Waals surface area (Å²) in [4.78, 5) is 11.7. The number of carbonyl (C=O) groups is 1. The SMILES string of the molecule is COc1cc(C)c(NSc2cccc(CCCCCCC(=O)O)c2)c(C)c1. The molecule has 27 heavy (non-hydrogen) atoms. The Hall–Kier alpha value is -2.14. The first-order valence-corrected chi connectivity index (χ1v) is 10.2. The third-order valence-corrected chi connectivity index (χ3v) is 5.31. The maximum Gasteiger partial charge on any atom is 0.303 e. The van der Waals surface area contributed by atoms with Gasteiger partial charge in [-0.15, -0.1) is 0 Å². The number of methoxy groups -OCH3 is 1. The molecule has 2 aromatic carbocycles. The molecule has 0 saturated heterocycles. The van der Waals surface area contributed by atoms with Crippen LogP contribution in [-0.2, 0) is 11.2 Å². The summed E-state index contributed by atoms with van der Waals surface area (Å²) in [6, 6.07) is 12.7. The van der Waals surface area contributed by atoms with E-state index in [1.165, 1.54) is 10.5 Å². The molecule has 5 heteroatoms. The Bertz CT molecular complexity index is 738. The van der Waals surface area contributed by atoms with Crippen LogP contribution in [0.4, 0.5) is 5.69 Å². The van der Waals surface area contributed by atoms with Crippen molar-refractivity contribution in [3.8, 4) is 5.75 Å². The van der Waals surface area contributed by atoms with E-state index in [1.54, 1.807) is 19.1 Å². The quantitative estimate of drug-likeness (QED) is 0.365. The molecular weight excluding hydrogens is 358 g/mol.